The molecule has 0 unspecified atom stereocenters. The second-order valence-electron chi connectivity index (χ2n) is 5.01. The third kappa shape index (κ3) is 2.97. The summed E-state index contributed by atoms with van der Waals surface area (Å²) in [6.07, 6.45) is 1.99. The van der Waals surface area contributed by atoms with Crippen LogP contribution < -0.4 is 4.74 Å². The average molecular weight is 330 g/mol. The van der Waals surface area contributed by atoms with Gasteiger partial charge in [0.2, 0.25) is 0 Å². The summed E-state index contributed by atoms with van der Waals surface area (Å²) in [5, 5.41) is 0. The topological polar surface area (TPSA) is 35.5 Å². The smallest absolute Gasteiger partial charge is 0.339 e. The molecular weight excluding hydrogens is 315 g/mol. The number of rotatable bonds is 4. The van der Waals surface area contributed by atoms with Gasteiger partial charge in [0.1, 0.15) is 6.61 Å². The van der Waals surface area contributed by atoms with Gasteiger partial charge in [-0.25, -0.2) is 9.18 Å². The highest BCUT2D eigenvalue weighted by Crippen LogP contribution is 2.34. The molecule has 1 aliphatic heterocycles. The third-order valence-corrected chi connectivity index (χ3v) is 4.48. The highest BCUT2D eigenvalue weighted by atomic mass is 32.2. The van der Waals surface area contributed by atoms with Crippen molar-refractivity contribution in [2.24, 2.45) is 0 Å². The number of cyclic esters (lactones) is 1. The SMILES string of the molecule is COc1ccc(C2=C(c3ccc(SC)cc3)C(=O)OC2)cc1F. The van der Waals surface area contributed by atoms with E-state index in [9.17, 15) is 9.18 Å². The van der Waals surface area contributed by atoms with Crippen LogP contribution in [0.2, 0.25) is 0 Å². The number of esters is 1. The second-order valence-corrected chi connectivity index (χ2v) is 5.89. The molecule has 0 spiro atoms. The van der Waals surface area contributed by atoms with Crippen LogP contribution in [0.1, 0.15) is 11.1 Å². The molecule has 0 atom stereocenters. The van der Waals surface area contributed by atoms with E-state index in [1.54, 1.807) is 23.9 Å². The van der Waals surface area contributed by atoms with Crippen LogP contribution in [-0.4, -0.2) is 25.9 Å². The lowest BCUT2D eigenvalue weighted by molar-refractivity contribution is -0.133. The van der Waals surface area contributed by atoms with Gasteiger partial charge in [0.05, 0.1) is 12.7 Å². The van der Waals surface area contributed by atoms with E-state index in [0.717, 1.165) is 10.5 Å². The molecule has 0 saturated heterocycles. The Bertz CT molecular complexity index is 781. The van der Waals surface area contributed by atoms with Gasteiger partial charge in [0.15, 0.2) is 11.6 Å². The van der Waals surface area contributed by atoms with E-state index in [4.69, 9.17) is 9.47 Å². The maximum absolute atomic E-state index is 14.0. The van der Waals surface area contributed by atoms with E-state index in [0.29, 0.717) is 16.7 Å². The predicted octanol–water partition coefficient (Wildman–Crippen LogP) is 4.02. The maximum Gasteiger partial charge on any atom is 0.339 e. The van der Waals surface area contributed by atoms with Gasteiger partial charge in [-0.1, -0.05) is 18.2 Å². The van der Waals surface area contributed by atoms with E-state index in [-0.39, 0.29) is 18.3 Å². The van der Waals surface area contributed by atoms with E-state index in [1.807, 2.05) is 30.5 Å². The summed E-state index contributed by atoms with van der Waals surface area (Å²) in [6, 6.07) is 12.3. The standard InChI is InChI=1S/C18H15FO3S/c1-21-16-8-5-12(9-15(16)19)14-10-22-18(20)17(14)11-3-6-13(23-2)7-4-11/h3-9H,10H2,1-2H3. The Morgan fingerprint density at radius 1 is 1.13 bits per heavy atom. The Kier molecular flexibility index (Phi) is 4.39. The van der Waals surface area contributed by atoms with Gasteiger partial charge in [-0.3, -0.25) is 0 Å². The highest BCUT2D eigenvalue weighted by molar-refractivity contribution is 7.98. The molecule has 3 nitrogen and oxygen atoms in total. The summed E-state index contributed by atoms with van der Waals surface area (Å²) >= 11 is 1.63. The molecule has 0 bridgehead atoms. The molecule has 1 aliphatic rings. The quantitative estimate of drug-likeness (QED) is 0.626. The largest absolute Gasteiger partial charge is 0.494 e. The van der Waals surface area contributed by atoms with E-state index < -0.39 is 5.82 Å². The van der Waals surface area contributed by atoms with Crippen molar-refractivity contribution in [3.8, 4) is 5.75 Å². The van der Waals surface area contributed by atoms with Crippen LogP contribution in [0.5, 0.6) is 5.75 Å². The van der Waals surface area contributed by atoms with Gasteiger partial charge >= 0.3 is 5.97 Å². The summed E-state index contributed by atoms with van der Waals surface area (Å²) in [7, 11) is 1.41. The second kappa shape index (κ2) is 6.46. The van der Waals surface area contributed by atoms with Crippen molar-refractivity contribution in [2.45, 2.75) is 4.90 Å². The van der Waals surface area contributed by atoms with Crippen molar-refractivity contribution in [2.75, 3.05) is 20.0 Å². The summed E-state index contributed by atoms with van der Waals surface area (Å²) < 4.78 is 24.1. The molecule has 1 heterocycles. The number of hydrogen-bond donors (Lipinski definition) is 0. The molecular formula is C18H15FO3S. The van der Waals surface area contributed by atoms with Crippen LogP contribution >= 0.6 is 11.8 Å². The lowest BCUT2D eigenvalue weighted by Crippen LogP contribution is -1.98. The first-order chi connectivity index (χ1) is 11.1. The van der Waals surface area contributed by atoms with Crippen LogP contribution in [-0.2, 0) is 9.53 Å². The molecule has 0 aliphatic carbocycles. The Balaban J connectivity index is 2.08. The number of carbonyl (C=O) groups is 1. The van der Waals surface area contributed by atoms with E-state index >= 15 is 0 Å². The zero-order valence-electron chi connectivity index (χ0n) is 12.8. The fourth-order valence-corrected chi connectivity index (χ4v) is 2.95. The molecule has 0 N–H and O–H groups in total. The molecule has 0 radical (unpaired) electrons. The van der Waals surface area contributed by atoms with Crippen LogP contribution in [0, 0.1) is 5.82 Å². The minimum Gasteiger partial charge on any atom is -0.494 e. The van der Waals surface area contributed by atoms with Crippen LogP contribution in [0.25, 0.3) is 11.1 Å². The zero-order valence-corrected chi connectivity index (χ0v) is 13.6. The van der Waals surface area contributed by atoms with Crippen LogP contribution in [0.4, 0.5) is 4.39 Å². The Morgan fingerprint density at radius 3 is 2.43 bits per heavy atom. The van der Waals surface area contributed by atoms with Crippen molar-refractivity contribution >= 4 is 28.9 Å². The Morgan fingerprint density at radius 2 is 1.83 bits per heavy atom. The zero-order chi connectivity index (χ0) is 16.4. The van der Waals surface area contributed by atoms with Gasteiger partial charge in [-0.05, 0) is 41.6 Å². The summed E-state index contributed by atoms with van der Waals surface area (Å²) in [5.41, 5.74) is 2.57. The summed E-state index contributed by atoms with van der Waals surface area (Å²) in [6.45, 7) is 0.143. The maximum atomic E-state index is 14.0. The lowest BCUT2D eigenvalue weighted by Gasteiger charge is -2.07. The molecule has 2 aromatic rings. The van der Waals surface area contributed by atoms with Crippen molar-refractivity contribution < 1.29 is 18.7 Å². The summed E-state index contributed by atoms with van der Waals surface area (Å²) in [5.74, 6) is -0.674. The van der Waals surface area contributed by atoms with Crippen molar-refractivity contribution in [3.05, 3.63) is 59.4 Å². The average Bonchev–Trinajstić information content (AvgIpc) is 2.96. The highest BCUT2D eigenvalue weighted by Gasteiger charge is 2.27. The van der Waals surface area contributed by atoms with Gasteiger partial charge < -0.3 is 9.47 Å². The molecule has 0 amide bonds. The molecule has 0 saturated carbocycles. The Hall–Kier alpha value is -2.27. The number of ether oxygens (including phenoxy) is 2. The van der Waals surface area contributed by atoms with Crippen molar-refractivity contribution in [1.29, 1.82) is 0 Å². The lowest BCUT2D eigenvalue weighted by atomic mass is 9.96. The first-order valence-corrected chi connectivity index (χ1v) is 8.25. The number of benzene rings is 2. The Labute approximate surface area is 138 Å². The molecule has 0 fully saturated rings. The minimum atomic E-state index is -0.464. The van der Waals surface area contributed by atoms with E-state index in [1.165, 1.54) is 13.2 Å². The molecule has 23 heavy (non-hydrogen) atoms. The fourth-order valence-electron chi connectivity index (χ4n) is 2.54. The monoisotopic (exact) mass is 330 g/mol. The molecule has 118 valence electrons. The minimum absolute atomic E-state index is 0.143. The number of hydrogen-bond acceptors (Lipinski definition) is 4. The van der Waals surface area contributed by atoms with Gasteiger partial charge in [0, 0.05) is 10.5 Å². The van der Waals surface area contributed by atoms with Gasteiger partial charge in [0.25, 0.3) is 0 Å². The normalized spacial score (nSPS) is 14.1. The first-order valence-electron chi connectivity index (χ1n) is 7.02. The fraction of sp³-hybridized carbons (Fsp3) is 0.167. The van der Waals surface area contributed by atoms with Gasteiger partial charge in [-0.15, -0.1) is 11.8 Å². The summed E-state index contributed by atoms with van der Waals surface area (Å²) in [4.78, 5) is 13.2. The van der Waals surface area contributed by atoms with E-state index in [2.05, 4.69) is 0 Å². The number of carbonyl (C=O) groups excluding carboxylic acids is 1. The number of methoxy groups -OCH3 is 1. The van der Waals surface area contributed by atoms with Gasteiger partial charge in [-0.2, -0.15) is 0 Å². The number of halogens is 1. The van der Waals surface area contributed by atoms with Crippen molar-refractivity contribution in [3.63, 3.8) is 0 Å². The number of thioether (sulfide) groups is 1. The van der Waals surface area contributed by atoms with Crippen LogP contribution in [0.3, 0.4) is 0 Å². The first kappa shape index (κ1) is 15.6. The van der Waals surface area contributed by atoms with Crippen molar-refractivity contribution in [1.82, 2.24) is 0 Å². The molecule has 5 heteroatoms. The molecule has 0 aromatic heterocycles. The molecule has 2 aromatic carbocycles. The van der Waals surface area contributed by atoms with Crippen LogP contribution in [0.15, 0.2) is 47.4 Å². The third-order valence-electron chi connectivity index (χ3n) is 3.73. The molecule has 3 rings (SSSR count). The predicted molar refractivity (Wildman–Crippen MR) is 88.9 cm³/mol.